The predicted molar refractivity (Wildman–Crippen MR) is 72.2 cm³/mol. The summed E-state index contributed by atoms with van der Waals surface area (Å²) in [6.07, 6.45) is 4.28. The molecule has 2 fully saturated rings. The van der Waals surface area contributed by atoms with Crippen LogP contribution in [0.2, 0.25) is 0 Å². The molecule has 5 nitrogen and oxygen atoms in total. The van der Waals surface area contributed by atoms with E-state index in [1.165, 1.54) is 12.8 Å². The van der Waals surface area contributed by atoms with Crippen molar-refractivity contribution >= 4 is 5.97 Å². The molecule has 108 valence electrons. The number of rotatable bonds is 5. The predicted octanol–water partition coefficient (Wildman–Crippen LogP) is 2.46. The molecule has 1 aromatic rings. The summed E-state index contributed by atoms with van der Waals surface area (Å²) in [5.41, 5.74) is 1.07. The maximum Gasteiger partial charge on any atom is 0.354 e. The normalized spacial score (nSPS) is 19.8. The highest BCUT2D eigenvalue weighted by molar-refractivity contribution is 5.85. The lowest BCUT2D eigenvalue weighted by molar-refractivity contribution is 0.0687. The molecule has 0 radical (unpaired) electrons. The van der Waals surface area contributed by atoms with Crippen LogP contribution in [0.15, 0.2) is 12.1 Å². The Labute approximate surface area is 117 Å². The number of carboxylic acids is 1. The van der Waals surface area contributed by atoms with Crippen molar-refractivity contribution in [3.05, 3.63) is 23.4 Å². The minimum Gasteiger partial charge on any atom is -0.477 e. The third kappa shape index (κ3) is 3.10. The van der Waals surface area contributed by atoms with Crippen molar-refractivity contribution in [2.75, 3.05) is 19.8 Å². The SMILES string of the molecule is O=C(O)c1ccc(C2CCOCC2)c(OCC2CC2)n1. The van der Waals surface area contributed by atoms with Gasteiger partial charge in [-0.3, -0.25) is 0 Å². The van der Waals surface area contributed by atoms with Crippen LogP contribution < -0.4 is 4.74 Å². The van der Waals surface area contributed by atoms with E-state index in [2.05, 4.69) is 4.98 Å². The summed E-state index contributed by atoms with van der Waals surface area (Å²) in [4.78, 5) is 15.2. The molecule has 1 aliphatic heterocycles. The first kappa shape index (κ1) is 13.4. The summed E-state index contributed by atoms with van der Waals surface area (Å²) in [5.74, 6) is 0.463. The second-order valence-corrected chi connectivity index (χ2v) is 5.54. The number of carbonyl (C=O) groups is 1. The van der Waals surface area contributed by atoms with Gasteiger partial charge in [0.05, 0.1) is 6.61 Å². The lowest BCUT2D eigenvalue weighted by atomic mass is 9.92. The average molecular weight is 277 g/mol. The van der Waals surface area contributed by atoms with Crippen LogP contribution in [0.1, 0.15) is 47.7 Å². The van der Waals surface area contributed by atoms with Crippen molar-refractivity contribution in [2.24, 2.45) is 5.92 Å². The Morgan fingerprint density at radius 2 is 2.05 bits per heavy atom. The van der Waals surface area contributed by atoms with Gasteiger partial charge in [0.25, 0.3) is 0 Å². The van der Waals surface area contributed by atoms with Crippen molar-refractivity contribution in [3.63, 3.8) is 0 Å². The zero-order valence-electron chi connectivity index (χ0n) is 11.4. The molecule has 0 unspecified atom stereocenters. The third-order valence-corrected chi connectivity index (χ3v) is 3.92. The van der Waals surface area contributed by atoms with Crippen LogP contribution in [0.3, 0.4) is 0 Å². The number of hydrogen-bond donors (Lipinski definition) is 1. The van der Waals surface area contributed by atoms with E-state index in [1.54, 1.807) is 6.07 Å². The minimum absolute atomic E-state index is 0.0478. The molecule has 1 N–H and O–H groups in total. The topological polar surface area (TPSA) is 68.7 Å². The van der Waals surface area contributed by atoms with E-state index in [0.717, 1.165) is 31.6 Å². The molecule has 0 bridgehead atoms. The summed E-state index contributed by atoms with van der Waals surface area (Å²) in [7, 11) is 0. The van der Waals surface area contributed by atoms with Gasteiger partial charge in [0, 0.05) is 18.8 Å². The second kappa shape index (κ2) is 5.79. The Hall–Kier alpha value is -1.62. The summed E-state index contributed by atoms with van der Waals surface area (Å²) in [6, 6.07) is 3.42. The number of carboxylic acid groups (broad SMARTS) is 1. The summed E-state index contributed by atoms with van der Waals surface area (Å²) in [5, 5.41) is 9.06. The van der Waals surface area contributed by atoms with E-state index in [-0.39, 0.29) is 5.69 Å². The van der Waals surface area contributed by atoms with Gasteiger partial charge < -0.3 is 14.6 Å². The molecule has 1 saturated carbocycles. The minimum atomic E-state index is -1.01. The molecule has 20 heavy (non-hydrogen) atoms. The van der Waals surface area contributed by atoms with Crippen LogP contribution in [0.4, 0.5) is 0 Å². The van der Waals surface area contributed by atoms with Gasteiger partial charge in [-0.05, 0) is 43.6 Å². The van der Waals surface area contributed by atoms with Gasteiger partial charge in [-0.25, -0.2) is 9.78 Å². The Morgan fingerprint density at radius 3 is 2.70 bits per heavy atom. The van der Waals surface area contributed by atoms with Crippen molar-refractivity contribution < 1.29 is 19.4 Å². The molecule has 0 spiro atoms. The van der Waals surface area contributed by atoms with E-state index >= 15 is 0 Å². The van der Waals surface area contributed by atoms with Crippen LogP contribution in [-0.2, 0) is 4.74 Å². The first-order valence-corrected chi connectivity index (χ1v) is 7.19. The Morgan fingerprint density at radius 1 is 1.30 bits per heavy atom. The molecule has 2 aliphatic rings. The standard InChI is InChI=1S/C15H19NO4/c17-15(18)13-4-3-12(11-5-7-19-8-6-11)14(16-13)20-9-10-1-2-10/h3-4,10-11H,1-2,5-9H2,(H,17,18). The molecule has 1 saturated heterocycles. The molecular weight excluding hydrogens is 258 g/mol. The summed E-state index contributed by atoms with van der Waals surface area (Å²) >= 11 is 0. The smallest absolute Gasteiger partial charge is 0.354 e. The fourth-order valence-corrected chi connectivity index (χ4v) is 2.49. The fraction of sp³-hybridized carbons (Fsp3) is 0.600. The van der Waals surface area contributed by atoms with E-state index in [0.29, 0.717) is 24.3 Å². The van der Waals surface area contributed by atoms with Gasteiger partial charge in [0.15, 0.2) is 5.69 Å². The highest BCUT2D eigenvalue weighted by atomic mass is 16.5. The van der Waals surface area contributed by atoms with Crippen LogP contribution in [0.25, 0.3) is 0 Å². The van der Waals surface area contributed by atoms with Crippen molar-refractivity contribution in [2.45, 2.75) is 31.6 Å². The molecule has 1 aromatic heterocycles. The van der Waals surface area contributed by atoms with Crippen LogP contribution in [-0.4, -0.2) is 35.9 Å². The maximum absolute atomic E-state index is 11.1. The lowest BCUT2D eigenvalue weighted by Gasteiger charge is -2.24. The fourth-order valence-electron chi connectivity index (χ4n) is 2.49. The third-order valence-electron chi connectivity index (χ3n) is 3.92. The molecule has 3 rings (SSSR count). The molecular formula is C15H19NO4. The van der Waals surface area contributed by atoms with Crippen LogP contribution in [0, 0.1) is 5.92 Å². The highest BCUT2D eigenvalue weighted by Crippen LogP contribution is 2.35. The summed E-state index contributed by atoms with van der Waals surface area (Å²) < 4.78 is 11.2. The quantitative estimate of drug-likeness (QED) is 0.895. The monoisotopic (exact) mass is 277 g/mol. The average Bonchev–Trinajstić information content (AvgIpc) is 3.30. The van der Waals surface area contributed by atoms with Crippen LogP contribution >= 0.6 is 0 Å². The number of ether oxygens (including phenoxy) is 2. The molecule has 5 heteroatoms. The van der Waals surface area contributed by atoms with Crippen LogP contribution in [0.5, 0.6) is 5.88 Å². The zero-order chi connectivity index (χ0) is 13.9. The lowest BCUT2D eigenvalue weighted by Crippen LogP contribution is -2.16. The molecule has 0 amide bonds. The number of hydrogen-bond acceptors (Lipinski definition) is 4. The van der Waals surface area contributed by atoms with Gasteiger partial charge >= 0.3 is 5.97 Å². The summed E-state index contributed by atoms with van der Waals surface area (Å²) in [6.45, 7) is 2.13. The Bertz CT molecular complexity index is 493. The number of pyridine rings is 1. The van der Waals surface area contributed by atoms with E-state index in [1.807, 2.05) is 6.07 Å². The second-order valence-electron chi connectivity index (χ2n) is 5.54. The van der Waals surface area contributed by atoms with E-state index in [4.69, 9.17) is 14.6 Å². The van der Waals surface area contributed by atoms with Crippen molar-refractivity contribution in [1.82, 2.24) is 4.98 Å². The van der Waals surface area contributed by atoms with Gasteiger partial charge in [-0.2, -0.15) is 0 Å². The molecule has 1 aliphatic carbocycles. The molecule has 0 aromatic carbocycles. The van der Waals surface area contributed by atoms with E-state index < -0.39 is 5.97 Å². The van der Waals surface area contributed by atoms with Crippen molar-refractivity contribution in [3.8, 4) is 5.88 Å². The first-order chi connectivity index (χ1) is 9.74. The molecule has 2 heterocycles. The van der Waals surface area contributed by atoms with Gasteiger partial charge in [-0.15, -0.1) is 0 Å². The number of nitrogens with zero attached hydrogens (tertiary/aromatic N) is 1. The number of aromatic carboxylic acids is 1. The van der Waals surface area contributed by atoms with Crippen molar-refractivity contribution in [1.29, 1.82) is 0 Å². The molecule has 0 atom stereocenters. The largest absolute Gasteiger partial charge is 0.477 e. The maximum atomic E-state index is 11.1. The first-order valence-electron chi connectivity index (χ1n) is 7.19. The number of aromatic nitrogens is 1. The van der Waals surface area contributed by atoms with Gasteiger partial charge in [0.1, 0.15) is 0 Å². The van der Waals surface area contributed by atoms with E-state index in [9.17, 15) is 4.79 Å². The Balaban J connectivity index is 1.82. The van der Waals surface area contributed by atoms with Gasteiger partial charge in [-0.1, -0.05) is 6.07 Å². The van der Waals surface area contributed by atoms with Gasteiger partial charge in [0.2, 0.25) is 5.88 Å². The highest BCUT2D eigenvalue weighted by Gasteiger charge is 2.25. The zero-order valence-corrected chi connectivity index (χ0v) is 11.4. The Kier molecular flexibility index (Phi) is 3.87.